The first kappa shape index (κ1) is 37.2. The number of nitrogens with zero attached hydrogens (tertiary/aromatic N) is 4. The van der Waals surface area contributed by atoms with Gasteiger partial charge in [0.1, 0.15) is 16.9 Å². The summed E-state index contributed by atoms with van der Waals surface area (Å²) in [5, 5.41) is 15.9. The molecule has 1 aromatic heterocycles. The molecule has 284 valence electrons. The van der Waals surface area contributed by atoms with Crippen LogP contribution in [0.4, 0.5) is 14.9 Å². The maximum atomic E-state index is 15.0. The lowest BCUT2D eigenvalue weighted by atomic mass is 9.64. The van der Waals surface area contributed by atoms with Crippen molar-refractivity contribution in [2.75, 3.05) is 58.3 Å². The van der Waals surface area contributed by atoms with E-state index in [4.69, 9.17) is 10.1 Å². The fraction of sp³-hybridized carbons (Fsp3) is 0.513. The van der Waals surface area contributed by atoms with Crippen LogP contribution in [0.15, 0.2) is 71.1 Å². The number of imidazole rings is 1. The number of piperidine rings is 1. The minimum Gasteiger partial charge on any atom is -0.453 e. The van der Waals surface area contributed by atoms with Gasteiger partial charge in [-0.15, -0.1) is 0 Å². The lowest BCUT2D eigenvalue weighted by molar-refractivity contribution is -0.556. The van der Waals surface area contributed by atoms with E-state index in [2.05, 4.69) is 30.0 Å². The predicted molar refractivity (Wildman–Crippen MR) is 201 cm³/mol. The number of carbonyl (C=O) groups excluding carboxylic acids is 1. The monoisotopic (exact) mass is 747 g/mol. The molecule has 2 saturated heterocycles. The number of likely N-dealkylation sites (tertiary alicyclic amines) is 1. The standard InChI is InChI=1S/C39H51FN8O4S/c1-42-21-31(20-41)53(50,51)37-10-9-36(33-22-43-14-11-32(33)37)47-24-27(25-47)23-46-16-12-28(13-17-46)39(48-18-15-44-26-48,29-5-3-6-30(40)19-29)34-7-4-8-35(34)45-38(49)52-2/h3,5-6,9-10,15,18-21,26-28,34-35,41-43H,4,7-8,11-14,16-17,22-25H2,1-2H3,(H,45,49)/p+1/b31-21+,41-20?/t34-,35-,39?/m0/s1. The van der Waals surface area contributed by atoms with Gasteiger partial charge in [-0.2, -0.15) is 0 Å². The molecule has 0 spiro atoms. The number of fused-ring (bicyclic) bond motifs is 1. The average Bonchev–Trinajstić information content (AvgIpc) is 3.86. The van der Waals surface area contributed by atoms with Crippen LogP contribution in [0.25, 0.3) is 0 Å². The summed E-state index contributed by atoms with van der Waals surface area (Å²) in [5.74, 6) is 0.421. The largest absolute Gasteiger partial charge is 0.453 e. The number of hydrogen-bond acceptors (Lipinski definition) is 9. The third-order valence-electron chi connectivity index (χ3n) is 12.1. The van der Waals surface area contributed by atoms with Gasteiger partial charge in [0.05, 0.1) is 30.9 Å². The number of nitrogens with one attached hydrogen (secondary N) is 3. The Balaban J connectivity index is 1.07. The number of sulfone groups is 1. The average molecular weight is 748 g/mol. The van der Waals surface area contributed by atoms with Gasteiger partial charge in [0, 0.05) is 68.4 Å². The van der Waals surface area contributed by atoms with Gasteiger partial charge in [-0.3, -0.25) is 0 Å². The summed E-state index contributed by atoms with van der Waals surface area (Å²) >= 11 is 0. The molecule has 1 saturated carbocycles. The number of amides is 1. The Morgan fingerprint density at radius 2 is 1.98 bits per heavy atom. The van der Waals surface area contributed by atoms with E-state index in [1.165, 1.54) is 19.4 Å². The van der Waals surface area contributed by atoms with Crippen molar-refractivity contribution in [2.24, 2.45) is 17.8 Å². The van der Waals surface area contributed by atoms with E-state index in [1.54, 1.807) is 36.8 Å². The number of benzene rings is 2. The van der Waals surface area contributed by atoms with E-state index in [0.717, 1.165) is 93.4 Å². The fourth-order valence-electron chi connectivity index (χ4n) is 9.80. The number of anilines is 1. The summed E-state index contributed by atoms with van der Waals surface area (Å²) in [6.07, 6.45) is 12.8. The Morgan fingerprint density at radius 3 is 2.68 bits per heavy atom. The van der Waals surface area contributed by atoms with Crippen molar-refractivity contribution in [2.45, 2.75) is 61.5 Å². The first-order chi connectivity index (χ1) is 25.7. The van der Waals surface area contributed by atoms with Crippen molar-refractivity contribution in [1.29, 1.82) is 5.41 Å². The SMILES string of the molecule is C[NH2+]/C=C(\C=N)S(=O)(=O)c1ccc(N2CC(CN3CCC(C(c4cccc(F)c4)([C@H]4CCC[C@@H]4NC(=O)OC)n4ccnc4)CC3)C2)c2c1CCNC2. The Hall–Kier alpha value is -4.11. The lowest BCUT2D eigenvalue weighted by Gasteiger charge is -2.52. The van der Waals surface area contributed by atoms with Crippen molar-refractivity contribution < 1.29 is 27.7 Å². The van der Waals surface area contributed by atoms with E-state index in [-0.39, 0.29) is 28.6 Å². The van der Waals surface area contributed by atoms with E-state index in [9.17, 15) is 13.2 Å². The summed E-state index contributed by atoms with van der Waals surface area (Å²) < 4.78 is 49.3. The number of aromatic nitrogens is 2. The number of quaternary nitrogens is 1. The highest BCUT2D eigenvalue weighted by Gasteiger charge is 2.53. The summed E-state index contributed by atoms with van der Waals surface area (Å²) in [6, 6.07) is 10.6. The summed E-state index contributed by atoms with van der Waals surface area (Å²) in [6.45, 7) is 5.95. The number of carbonyl (C=O) groups is 1. The number of alkyl carbamates (subject to hydrolysis) is 1. The quantitative estimate of drug-likeness (QED) is 0.207. The molecule has 3 atom stereocenters. The third-order valence-corrected chi connectivity index (χ3v) is 13.9. The highest BCUT2D eigenvalue weighted by atomic mass is 32.2. The van der Waals surface area contributed by atoms with Crippen LogP contribution in [-0.4, -0.2) is 94.6 Å². The third kappa shape index (κ3) is 7.02. The van der Waals surface area contributed by atoms with Crippen LogP contribution in [0.1, 0.15) is 48.8 Å². The second kappa shape index (κ2) is 15.7. The molecule has 12 nitrogen and oxygen atoms in total. The van der Waals surface area contributed by atoms with Crippen LogP contribution in [0.3, 0.4) is 0 Å². The minimum absolute atomic E-state index is 0.000360. The zero-order chi connectivity index (χ0) is 37.2. The van der Waals surface area contributed by atoms with Crippen LogP contribution in [0.5, 0.6) is 0 Å². The van der Waals surface area contributed by atoms with Gasteiger partial charge in [-0.25, -0.2) is 22.6 Å². The molecule has 0 radical (unpaired) electrons. The Bertz CT molecular complexity index is 1920. The number of hydrogen-bond donors (Lipinski definition) is 4. The molecule has 1 amide bonds. The predicted octanol–water partition coefficient (Wildman–Crippen LogP) is 3.24. The Labute approximate surface area is 311 Å². The summed E-state index contributed by atoms with van der Waals surface area (Å²) in [7, 11) is -0.651. The zero-order valence-corrected chi connectivity index (χ0v) is 31.5. The van der Waals surface area contributed by atoms with Gasteiger partial charge in [-0.05, 0) is 98.6 Å². The van der Waals surface area contributed by atoms with E-state index in [1.807, 2.05) is 24.7 Å². The summed E-state index contributed by atoms with van der Waals surface area (Å²) in [5.41, 5.74) is 3.31. The molecule has 14 heteroatoms. The van der Waals surface area contributed by atoms with E-state index >= 15 is 4.39 Å². The van der Waals surface area contributed by atoms with E-state index in [0.29, 0.717) is 30.3 Å². The molecule has 53 heavy (non-hydrogen) atoms. The van der Waals surface area contributed by atoms with Crippen LogP contribution >= 0.6 is 0 Å². The number of ether oxygens (including phenoxy) is 1. The highest BCUT2D eigenvalue weighted by Crippen LogP contribution is 2.51. The second-order valence-corrected chi connectivity index (χ2v) is 16.9. The van der Waals surface area contributed by atoms with Crippen molar-refractivity contribution in [3.05, 3.63) is 88.7 Å². The fourth-order valence-corrected chi connectivity index (χ4v) is 11.3. The first-order valence-electron chi connectivity index (χ1n) is 18.9. The van der Waals surface area contributed by atoms with Gasteiger partial charge in [0.25, 0.3) is 0 Å². The second-order valence-electron chi connectivity index (χ2n) is 14.9. The normalized spacial score (nSPS) is 22.8. The molecule has 4 aliphatic rings. The molecule has 3 aliphatic heterocycles. The number of nitrogens with two attached hydrogens (primary N) is 1. The maximum absolute atomic E-state index is 15.0. The molecule has 3 fully saturated rings. The number of allylic oxidation sites excluding steroid dienone is 1. The highest BCUT2D eigenvalue weighted by molar-refractivity contribution is 7.96. The van der Waals surface area contributed by atoms with Crippen molar-refractivity contribution >= 4 is 27.8 Å². The Morgan fingerprint density at radius 1 is 1.17 bits per heavy atom. The number of halogens is 1. The molecule has 0 bridgehead atoms. The van der Waals surface area contributed by atoms with Crippen molar-refractivity contribution in [3.8, 4) is 0 Å². The summed E-state index contributed by atoms with van der Waals surface area (Å²) in [4.78, 5) is 22.2. The Kier molecular flexibility index (Phi) is 11.0. The van der Waals surface area contributed by atoms with Crippen molar-refractivity contribution in [1.82, 2.24) is 25.1 Å². The molecule has 3 aromatic rings. The van der Waals surface area contributed by atoms with Crippen LogP contribution in [0.2, 0.25) is 0 Å². The van der Waals surface area contributed by atoms with Gasteiger partial charge in [0.2, 0.25) is 9.84 Å². The zero-order valence-electron chi connectivity index (χ0n) is 30.6. The maximum Gasteiger partial charge on any atom is 0.407 e. The first-order valence-corrected chi connectivity index (χ1v) is 20.4. The lowest BCUT2D eigenvalue weighted by Crippen LogP contribution is -2.73. The van der Waals surface area contributed by atoms with Crippen LogP contribution in [-0.2, 0) is 33.1 Å². The van der Waals surface area contributed by atoms with Gasteiger partial charge >= 0.3 is 6.09 Å². The minimum atomic E-state index is -3.79. The molecular formula is C39H52FN8O4S+. The molecule has 1 unspecified atom stereocenters. The van der Waals surface area contributed by atoms with Crippen LogP contribution in [0, 0.1) is 29.0 Å². The van der Waals surface area contributed by atoms with Gasteiger partial charge < -0.3 is 40.5 Å². The molecule has 7 rings (SSSR count). The molecule has 1 aliphatic carbocycles. The smallest absolute Gasteiger partial charge is 0.407 e. The van der Waals surface area contributed by atoms with E-state index < -0.39 is 21.5 Å². The molecule has 4 heterocycles. The molecular weight excluding hydrogens is 696 g/mol. The van der Waals surface area contributed by atoms with Crippen molar-refractivity contribution in [3.63, 3.8) is 0 Å². The number of methoxy groups -OCH3 is 1. The molecule has 2 aromatic carbocycles. The van der Waals surface area contributed by atoms with Gasteiger partial charge in [0.15, 0.2) is 0 Å². The topological polar surface area (TPSA) is 149 Å². The number of rotatable bonds is 12. The van der Waals surface area contributed by atoms with Gasteiger partial charge in [-0.1, -0.05) is 18.6 Å². The molecule has 5 N–H and O–H groups in total. The van der Waals surface area contributed by atoms with Crippen LogP contribution < -0.4 is 20.9 Å².